The highest BCUT2D eigenvalue weighted by Crippen LogP contribution is 2.24. The first-order valence-electron chi connectivity index (χ1n) is 9.56. The van der Waals surface area contributed by atoms with Crippen molar-refractivity contribution in [2.45, 2.75) is 31.3 Å². The highest BCUT2D eigenvalue weighted by atomic mass is 16.5. The lowest BCUT2D eigenvalue weighted by Crippen LogP contribution is -2.53. The molecule has 1 N–H and O–H groups in total. The lowest BCUT2D eigenvalue weighted by atomic mass is 9.93. The molecule has 0 radical (unpaired) electrons. The fraction of sp³-hybridized carbons (Fsp3) is 0.778. The van der Waals surface area contributed by atoms with Crippen LogP contribution in [0.3, 0.4) is 0 Å². The lowest BCUT2D eigenvalue weighted by molar-refractivity contribution is -0.0802. The third-order valence-corrected chi connectivity index (χ3v) is 5.71. The molecular formula is C18H29N5O2. The molecule has 0 unspecified atom stereocenters. The second kappa shape index (κ2) is 7.43. The van der Waals surface area contributed by atoms with Crippen LogP contribution in [-0.4, -0.2) is 84.6 Å². The summed E-state index contributed by atoms with van der Waals surface area (Å²) in [7, 11) is 0. The first-order chi connectivity index (χ1) is 12.2. The van der Waals surface area contributed by atoms with Crippen LogP contribution >= 0.6 is 0 Å². The van der Waals surface area contributed by atoms with Crippen molar-refractivity contribution in [1.82, 2.24) is 14.9 Å². The molecule has 1 aromatic heterocycles. The average Bonchev–Trinajstić information content (AvgIpc) is 3.18. The molecule has 7 nitrogen and oxygen atoms in total. The number of anilines is 2. The molecule has 0 saturated carbocycles. The van der Waals surface area contributed by atoms with Gasteiger partial charge in [0.1, 0.15) is 18.0 Å². The van der Waals surface area contributed by atoms with Gasteiger partial charge in [0, 0.05) is 77.9 Å². The minimum Gasteiger partial charge on any atom is -0.388 e. The van der Waals surface area contributed by atoms with Gasteiger partial charge in [-0.1, -0.05) is 0 Å². The van der Waals surface area contributed by atoms with Crippen molar-refractivity contribution in [3.8, 4) is 0 Å². The van der Waals surface area contributed by atoms with Crippen LogP contribution in [0.4, 0.5) is 11.6 Å². The molecule has 0 amide bonds. The van der Waals surface area contributed by atoms with Crippen molar-refractivity contribution in [2.24, 2.45) is 0 Å². The van der Waals surface area contributed by atoms with Crippen molar-refractivity contribution < 1.29 is 9.84 Å². The first kappa shape index (κ1) is 17.0. The maximum absolute atomic E-state index is 10.7. The molecule has 4 heterocycles. The van der Waals surface area contributed by atoms with Gasteiger partial charge in [0.05, 0.1) is 5.60 Å². The van der Waals surface area contributed by atoms with E-state index in [0.29, 0.717) is 13.2 Å². The summed E-state index contributed by atoms with van der Waals surface area (Å²) in [5, 5.41) is 10.7. The van der Waals surface area contributed by atoms with Gasteiger partial charge >= 0.3 is 0 Å². The van der Waals surface area contributed by atoms with Crippen LogP contribution in [0.15, 0.2) is 12.4 Å². The smallest absolute Gasteiger partial charge is 0.134 e. The normalized spacial score (nSPS) is 24.7. The number of hydrogen-bond acceptors (Lipinski definition) is 7. The molecule has 1 aromatic rings. The maximum Gasteiger partial charge on any atom is 0.134 e. The van der Waals surface area contributed by atoms with Crippen molar-refractivity contribution in [2.75, 3.05) is 68.8 Å². The predicted molar refractivity (Wildman–Crippen MR) is 97.1 cm³/mol. The van der Waals surface area contributed by atoms with Crippen LogP contribution in [0.25, 0.3) is 0 Å². The largest absolute Gasteiger partial charge is 0.388 e. The summed E-state index contributed by atoms with van der Waals surface area (Å²) in [5.74, 6) is 2.09. The number of ether oxygens (including phenoxy) is 1. The van der Waals surface area contributed by atoms with Gasteiger partial charge in [-0.05, 0) is 12.8 Å². The van der Waals surface area contributed by atoms with E-state index in [-0.39, 0.29) is 0 Å². The Morgan fingerprint density at radius 3 is 2.16 bits per heavy atom. The maximum atomic E-state index is 10.7. The molecule has 0 spiro atoms. The summed E-state index contributed by atoms with van der Waals surface area (Å²) in [6, 6.07) is 2.13. The highest BCUT2D eigenvalue weighted by molar-refractivity contribution is 5.50. The number of nitrogens with zero attached hydrogens (tertiary/aromatic N) is 5. The van der Waals surface area contributed by atoms with E-state index in [0.717, 1.165) is 70.3 Å². The molecule has 0 bridgehead atoms. The monoisotopic (exact) mass is 347 g/mol. The molecule has 0 aliphatic carbocycles. The molecule has 3 aliphatic rings. The number of β-amino-alcohol motifs (C(OH)–C–C–N with tert-alkyl or cyclic N) is 1. The van der Waals surface area contributed by atoms with Crippen LogP contribution in [0.1, 0.15) is 25.7 Å². The Morgan fingerprint density at radius 1 is 0.920 bits per heavy atom. The van der Waals surface area contributed by atoms with Crippen molar-refractivity contribution in [1.29, 1.82) is 0 Å². The van der Waals surface area contributed by atoms with Crippen molar-refractivity contribution in [3.63, 3.8) is 0 Å². The Hall–Kier alpha value is -1.44. The Labute approximate surface area is 149 Å². The fourth-order valence-electron chi connectivity index (χ4n) is 4.09. The van der Waals surface area contributed by atoms with Gasteiger partial charge in [0.2, 0.25) is 0 Å². The van der Waals surface area contributed by atoms with E-state index in [1.54, 1.807) is 6.33 Å². The Balaban J connectivity index is 1.33. The third kappa shape index (κ3) is 4.04. The van der Waals surface area contributed by atoms with Gasteiger partial charge in [-0.3, -0.25) is 4.90 Å². The Kier molecular flexibility index (Phi) is 5.05. The van der Waals surface area contributed by atoms with Crippen LogP contribution < -0.4 is 9.80 Å². The van der Waals surface area contributed by atoms with Crippen LogP contribution in [0.2, 0.25) is 0 Å². The van der Waals surface area contributed by atoms with Gasteiger partial charge in [-0.25, -0.2) is 9.97 Å². The van der Waals surface area contributed by atoms with Crippen molar-refractivity contribution >= 4 is 11.6 Å². The number of piperazine rings is 1. The van der Waals surface area contributed by atoms with Gasteiger partial charge < -0.3 is 19.6 Å². The zero-order valence-corrected chi connectivity index (χ0v) is 14.9. The lowest BCUT2D eigenvalue weighted by Gasteiger charge is -2.41. The summed E-state index contributed by atoms with van der Waals surface area (Å²) in [6.07, 6.45) is 5.70. The molecule has 0 atom stereocenters. The van der Waals surface area contributed by atoms with Crippen LogP contribution in [0, 0.1) is 0 Å². The minimum atomic E-state index is -0.571. The number of hydrogen-bond donors (Lipinski definition) is 1. The molecule has 3 fully saturated rings. The van der Waals surface area contributed by atoms with E-state index in [2.05, 4.69) is 30.7 Å². The Bertz CT molecular complexity index is 564. The van der Waals surface area contributed by atoms with Gasteiger partial charge in [-0.2, -0.15) is 0 Å². The van der Waals surface area contributed by atoms with Gasteiger partial charge in [0.25, 0.3) is 0 Å². The Morgan fingerprint density at radius 2 is 1.52 bits per heavy atom. The fourth-order valence-corrected chi connectivity index (χ4v) is 4.09. The summed E-state index contributed by atoms with van der Waals surface area (Å²) in [5.41, 5.74) is -0.571. The predicted octanol–water partition coefficient (Wildman–Crippen LogP) is 0.740. The zero-order valence-electron chi connectivity index (χ0n) is 14.9. The SMILES string of the molecule is OC1(CN2CCN(c3cc(N4CCCC4)ncn3)CC2)CCOCC1. The molecule has 3 aliphatic heterocycles. The summed E-state index contributed by atoms with van der Waals surface area (Å²) in [4.78, 5) is 16.0. The van der Waals surface area contributed by atoms with Gasteiger partial charge in [0.15, 0.2) is 0 Å². The van der Waals surface area contributed by atoms with Crippen LogP contribution in [0.5, 0.6) is 0 Å². The van der Waals surface area contributed by atoms with E-state index in [4.69, 9.17) is 4.74 Å². The van der Waals surface area contributed by atoms with Crippen molar-refractivity contribution in [3.05, 3.63) is 12.4 Å². The molecule has 0 aromatic carbocycles. The third-order valence-electron chi connectivity index (χ3n) is 5.71. The molecule has 138 valence electrons. The second-order valence-electron chi connectivity index (χ2n) is 7.53. The molecule has 4 rings (SSSR count). The number of rotatable bonds is 4. The number of aliphatic hydroxyl groups is 1. The van der Waals surface area contributed by atoms with Crippen LogP contribution in [-0.2, 0) is 4.74 Å². The standard InChI is InChI=1S/C18H29N5O2/c24-18(3-11-25-12-4-18)14-21-7-9-23(10-8-21)17-13-16(19-15-20-17)22-5-1-2-6-22/h13,15,24H,1-12,14H2. The second-order valence-corrected chi connectivity index (χ2v) is 7.53. The van der Waals surface area contributed by atoms with E-state index in [9.17, 15) is 5.11 Å². The first-order valence-corrected chi connectivity index (χ1v) is 9.56. The summed E-state index contributed by atoms with van der Waals surface area (Å²) in [6.45, 7) is 8.14. The highest BCUT2D eigenvalue weighted by Gasteiger charge is 2.33. The average molecular weight is 347 g/mol. The summed E-state index contributed by atoms with van der Waals surface area (Å²) >= 11 is 0. The molecule has 25 heavy (non-hydrogen) atoms. The van der Waals surface area contributed by atoms with E-state index < -0.39 is 5.60 Å². The van der Waals surface area contributed by atoms with E-state index >= 15 is 0 Å². The van der Waals surface area contributed by atoms with Gasteiger partial charge in [-0.15, -0.1) is 0 Å². The summed E-state index contributed by atoms with van der Waals surface area (Å²) < 4.78 is 5.38. The topological polar surface area (TPSA) is 65.0 Å². The molecular weight excluding hydrogens is 318 g/mol. The quantitative estimate of drug-likeness (QED) is 0.862. The number of aromatic nitrogens is 2. The van der Waals surface area contributed by atoms with E-state index in [1.165, 1.54) is 12.8 Å². The molecule has 7 heteroatoms. The van der Waals surface area contributed by atoms with E-state index in [1.807, 2.05) is 0 Å². The molecule has 3 saturated heterocycles. The minimum absolute atomic E-state index is 0.571. The zero-order chi connectivity index (χ0) is 17.1.